The average Bonchev–Trinajstić information content (AvgIpc) is 2.45. The molecule has 0 amide bonds. The Morgan fingerprint density at radius 2 is 1.85 bits per heavy atom. The minimum absolute atomic E-state index is 0.000406. The van der Waals surface area contributed by atoms with Crippen LogP contribution in [0, 0.1) is 17.5 Å². The molecule has 0 heterocycles. The summed E-state index contributed by atoms with van der Waals surface area (Å²) in [6, 6.07) is 6.95. The Kier molecular flexibility index (Phi) is 4.26. The summed E-state index contributed by atoms with van der Waals surface area (Å²) in [4.78, 5) is 0. The fourth-order valence-electron chi connectivity index (χ4n) is 1.96. The minimum Gasteiger partial charge on any atom is -0.494 e. The fourth-order valence-corrected chi connectivity index (χ4v) is 1.96. The van der Waals surface area contributed by atoms with E-state index in [0.717, 1.165) is 6.07 Å². The molecule has 6 heteroatoms. The van der Waals surface area contributed by atoms with Crippen molar-refractivity contribution in [3.8, 4) is 5.75 Å². The molecule has 0 saturated carbocycles. The zero-order chi connectivity index (χ0) is 14.7. The van der Waals surface area contributed by atoms with Crippen molar-refractivity contribution in [2.75, 3.05) is 7.11 Å². The van der Waals surface area contributed by atoms with E-state index in [1.165, 1.54) is 37.4 Å². The quantitative estimate of drug-likeness (QED) is 0.669. The first-order valence-corrected chi connectivity index (χ1v) is 5.82. The molecule has 3 N–H and O–H groups in total. The lowest BCUT2D eigenvalue weighted by Crippen LogP contribution is -2.29. The van der Waals surface area contributed by atoms with Crippen molar-refractivity contribution in [3.05, 3.63) is 65.0 Å². The molecule has 106 valence electrons. The number of ether oxygens (including phenoxy) is 1. The van der Waals surface area contributed by atoms with E-state index in [9.17, 15) is 13.2 Å². The van der Waals surface area contributed by atoms with Gasteiger partial charge in [0.25, 0.3) is 0 Å². The SMILES string of the molecule is COc1cc(C(NN)c2cccc(F)c2F)ccc1F. The molecule has 0 aliphatic heterocycles. The second-order valence-electron chi connectivity index (χ2n) is 4.14. The highest BCUT2D eigenvalue weighted by Crippen LogP contribution is 2.28. The van der Waals surface area contributed by atoms with Gasteiger partial charge < -0.3 is 4.74 Å². The van der Waals surface area contributed by atoms with E-state index in [2.05, 4.69) is 5.43 Å². The number of nitrogens with two attached hydrogens (primary N) is 1. The highest BCUT2D eigenvalue weighted by molar-refractivity contribution is 5.38. The first kappa shape index (κ1) is 14.4. The van der Waals surface area contributed by atoms with E-state index in [4.69, 9.17) is 10.6 Å². The Bertz CT molecular complexity index is 619. The average molecular weight is 282 g/mol. The fraction of sp³-hybridized carbons (Fsp3) is 0.143. The molecule has 1 unspecified atom stereocenters. The molecule has 0 aromatic heterocycles. The van der Waals surface area contributed by atoms with Crippen molar-refractivity contribution >= 4 is 0 Å². The van der Waals surface area contributed by atoms with Crippen LogP contribution in [0.3, 0.4) is 0 Å². The van der Waals surface area contributed by atoms with Crippen LogP contribution < -0.4 is 16.0 Å². The van der Waals surface area contributed by atoms with Gasteiger partial charge in [0.1, 0.15) is 0 Å². The van der Waals surface area contributed by atoms with Crippen molar-refractivity contribution in [1.82, 2.24) is 5.43 Å². The van der Waals surface area contributed by atoms with Crippen molar-refractivity contribution in [2.45, 2.75) is 6.04 Å². The Morgan fingerprint density at radius 3 is 2.50 bits per heavy atom. The van der Waals surface area contributed by atoms with Gasteiger partial charge in [-0.2, -0.15) is 0 Å². The topological polar surface area (TPSA) is 47.3 Å². The molecule has 3 nitrogen and oxygen atoms in total. The number of methoxy groups -OCH3 is 1. The van der Waals surface area contributed by atoms with Crippen molar-refractivity contribution in [3.63, 3.8) is 0 Å². The third-order valence-electron chi connectivity index (χ3n) is 2.97. The monoisotopic (exact) mass is 282 g/mol. The van der Waals surface area contributed by atoms with E-state index >= 15 is 0 Å². The Balaban J connectivity index is 2.49. The predicted molar refractivity (Wildman–Crippen MR) is 68.5 cm³/mol. The van der Waals surface area contributed by atoms with E-state index in [-0.39, 0.29) is 11.3 Å². The maximum atomic E-state index is 13.8. The number of benzene rings is 2. The van der Waals surface area contributed by atoms with Gasteiger partial charge in [0, 0.05) is 5.56 Å². The van der Waals surface area contributed by atoms with Crippen LogP contribution in [0.4, 0.5) is 13.2 Å². The van der Waals surface area contributed by atoms with Crippen LogP contribution in [-0.2, 0) is 0 Å². The second kappa shape index (κ2) is 5.94. The lowest BCUT2D eigenvalue weighted by molar-refractivity contribution is 0.385. The molecule has 0 fully saturated rings. The summed E-state index contributed by atoms with van der Waals surface area (Å²) in [6.45, 7) is 0. The molecule has 0 radical (unpaired) electrons. The highest BCUT2D eigenvalue weighted by Gasteiger charge is 2.20. The maximum absolute atomic E-state index is 13.8. The van der Waals surface area contributed by atoms with Gasteiger partial charge in [0.15, 0.2) is 23.2 Å². The second-order valence-corrected chi connectivity index (χ2v) is 4.14. The van der Waals surface area contributed by atoms with Gasteiger partial charge >= 0.3 is 0 Å². The van der Waals surface area contributed by atoms with Crippen molar-refractivity contribution < 1.29 is 17.9 Å². The zero-order valence-electron chi connectivity index (χ0n) is 10.7. The molecule has 1 atom stereocenters. The molecule has 0 aliphatic rings. The van der Waals surface area contributed by atoms with Gasteiger partial charge in [0.2, 0.25) is 0 Å². The van der Waals surface area contributed by atoms with Gasteiger partial charge in [0.05, 0.1) is 13.2 Å². The highest BCUT2D eigenvalue weighted by atomic mass is 19.2. The maximum Gasteiger partial charge on any atom is 0.165 e. The molecular formula is C14H13F3N2O. The number of hydrogen-bond acceptors (Lipinski definition) is 3. The minimum atomic E-state index is -1.00. The van der Waals surface area contributed by atoms with Crippen molar-refractivity contribution in [2.24, 2.45) is 5.84 Å². The third kappa shape index (κ3) is 2.61. The summed E-state index contributed by atoms with van der Waals surface area (Å²) in [5.41, 5.74) is 2.87. The van der Waals surface area contributed by atoms with Gasteiger partial charge in [-0.05, 0) is 23.8 Å². The molecule has 2 aromatic carbocycles. The largest absolute Gasteiger partial charge is 0.494 e. The third-order valence-corrected chi connectivity index (χ3v) is 2.97. The number of hydrazine groups is 1. The smallest absolute Gasteiger partial charge is 0.165 e. The van der Waals surface area contributed by atoms with Crippen LogP contribution in [0.5, 0.6) is 5.75 Å². The Labute approximate surface area is 114 Å². The molecule has 0 aliphatic carbocycles. The first-order valence-electron chi connectivity index (χ1n) is 5.82. The van der Waals surface area contributed by atoms with Crippen LogP contribution in [0.25, 0.3) is 0 Å². The summed E-state index contributed by atoms with van der Waals surface area (Å²) >= 11 is 0. The van der Waals surface area contributed by atoms with E-state index in [1.807, 2.05) is 0 Å². The number of halogens is 3. The van der Waals surface area contributed by atoms with E-state index < -0.39 is 23.5 Å². The summed E-state index contributed by atoms with van der Waals surface area (Å²) in [5.74, 6) is 2.89. The van der Waals surface area contributed by atoms with Crippen LogP contribution in [0.2, 0.25) is 0 Å². The van der Waals surface area contributed by atoms with Gasteiger partial charge in [-0.25, -0.2) is 18.6 Å². The Hall–Kier alpha value is -2.05. The first-order chi connectivity index (χ1) is 9.58. The zero-order valence-corrected chi connectivity index (χ0v) is 10.7. The van der Waals surface area contributed by atoms with Crippen LogP contribution >= 0.6 is 0 Å². The van der Waals surface area contributed by atoms with E-state index in [1.54, 1.807) is 0 Å². The molecule has 2 rings (SSSR count). The van der Waals surface area contributed by atoms with Gasteiger partial charge in [-0.1, -0.05) is 18.2 Å². The number of nitrogens with one attached hydrogen (secondary N) is 1. The summed E-state index contributed by atoms with van der Waals surface area (Å²) in [5, 5.41) is 0. The van der Waals surface area contributed by atoms with E-state index in [0.29, 0.717) is 5.56 Å². The lowest BCUT2D eigenvalue weighted by Gasteiger charge is -2.18. The lowest BCUT2D eigenvalue weighted by atomic mass is 9.98. The Morgan fingerprint density at radius 1 is 1.10 bits per heavy atom. The molecule has 20 heavy (non-hydrogen) atoms. The summed E-state index contributed by atoms with van der Waals surface area (Å²) in [6.07, 6.45) is 0. The number of hydrogen-bond donors (Lipinski definition) is 2. The molecule has 2 aromatic rings. The summed E-state index contributed by atoms with van der Waals surface area (Å²) < 4.78 is 45.3. The van der Waals surface area contributed by atoms with Crippen molar-refractivity contribution in [1.29, 1.82) is 0 Å². The van der Waals surface area contributed by atoms with Crippen LogP contribution in [0.1, 0.15) is 17.2 Å². The van der Waals surface area contributed by atoms with Gasteiger partial charge in [-0.15, -0.1) is 0 Å². The molecule has 0 spiro atoms. The van der Waals surface area contributed by atoms with Gasteiger partial charge in [-0.3, -0.25) is 5.84 Å². The summed E-state index contributed by atoms with van der Waals surface area (Å²) in [7, 11) is 1.32. The van der Waals surface area contributed by atoms with Crippen LogP contribution in [0.15, 0.2) is 36.4 Å². The molecule has 0 bridgehead atoms. The predicted octanol–water partition coefficient (Wildman–Crippen LogP) is 2.67. The number of rotatable bonds is 4. The molecular weight excluding hydrogens is 269 g/mol. The molecule has 0 saturated heterocycles. The normalized spacial score (nSPS) is 12.2. The standard InChI is InChI=1S/C14H13F3N2O/c1-20-12-7-8(5-6-10(12)15)14(19-18)9-3-2-4-11(16)13(9)17/h2-7,14,19H,18H2,1H3. The van der Waals surface area contributed by atoms with Crippen LogP contribution in [-0.4, -0.2) is 7.11 Å².